The summed E-state index contributed by atoms with van der Waals surface area (Å²) in [5.74, 6) is 1.05. The molecule has 4 rings (SSSR count). The molecular weight excluding hydrogens is 310 g/mol. The number of hydrogen-bond acceptors (Lipinski definition) is 2. The number of aromatic nitrogens is 2. The number of hydrogen-bond donors (Lipinski definition) is 1. The Hall–Kier alpha value is -3.45. The van der Waals surface area contributed by atoms with E-state index in [1.54, 1.807) is 12.1 Å². The number of benzene rings is 2. The van der Waals surface area contributed by atoms with E-state index in [-0.39, 0.29) is 5.75 Å². The van der Waals surface area contributed by atoms with Crippen LogP contribution in [-0.2, 0) is 6.42 Å². The van der Waals surface area contributed by atoms with E-state index >= 15 is 0 Å². The number of nitrogens with zero attached hydrogens (tertiary/aromatic N) is 3. The third kappa shape index (κ3) is 2.29. The van der Waals surface area contributed by atoms with Crippen molar-refractivity contribution in [2.45, 2.75) is 13.3 Å². The minimum Gasteiger partial charge on any atom is -0.508 e. The SMILES string of the molecule is CCc1cccn1-c1c(C#N)c2ccccc2n1-c1ccc(O)cc1. The van der Waals surface area contributed by atoms with Crippen molar-refractivity contribution in [2.24, 2.45) is 0 Å². The highest BCUT2D eigenvalue weighted by Gasteiger charge is 2.20. The molecule has 0 fully saturated rings. The second-order valence-electron chi connectivity index (χ2n) is 5.90. The van der Waals surface area contributed by atoms with Crippen LogP contribution in [-0.4, -0.2) is 14.2 Å². The molecule has 1 N–H and O–H groups in total. The quantitative estimate of drug-likeness (QED) is 0.599. The number of phenols is 1. The maximum atomic E-state index is 9.87. The van der Waals surface area contributed by atoms with Crippen molar-refractivity contribution in [3.05, 3.63) is 78.1 Å². The molecule has 0 amide bonds. The van der Waals surface area contributed by atoms with E-state index in [0.29, 0.717) is 5.56 Å². The van der Waals surface area contributed by atoms with Gasteiger partial charge in [-0.1, -0.05) is 25.1 Å². The van der Waals surface area contributed by atoms with E-state index in [4.69, 9.17) is 0 Å². The number of para-hydroxylation sites is 1. The van der Waals surface area contributed by atoms with Crippen LogP contribution >= 0.6 is 0 Å². The average Bonchev–Trinajstić information content (AvgIpc) is 3.23. The Labute approximate surface area is 145 Å². The van der Waals surface area contributed by atoms with Crippen LogP contribution in [0.3, 0.4) is 0 Å². The molecule has 2 heterocycles. The second-order valence-corrected chi connectivity index (χ2v) is 5.90. The van der Waals surface area contributed by atoms with Crippen LogP contribution in [0.15, 0.2) is 66.9 Å². The van der Waals surface area contributed by atoms with Gasteiger partial charge in [-0.05, 0) is 48.9 Å². The fourth-order valence-electron chi connectivity index (χ4n) is 3.34. The lowest BCUT2D eigenvalue weighted by Crippen LogP contribution is -2.07. The van der Waals surface area contributed by atoms with E-state index in [1.165, 1.54) is 0 Å². The number of aromatic hydroxyl groups is 1. The van der Waals surface area contributed by atoms with Gasteiger partial charge in [-0.25, -0.2) is 0 Å². The van der Waals surface area contributed by atoms with Gasteiger partial charge in [0, 0.05) is 23.0 Å². The van der Waals surface area contributed by atoms with E-state index in [2.05, 4.69) is 28.2 Å². The number of nitriles is 1. The van der Waals surface area contributed by atoms with Gasteiger partial charge in [0.15, 0.2) is 0 Å². The zero-order chi connectivity index (χ0) is 17.4. The number of aryl methyl sites for hydroxylation is 1. The van der Waals surface area contributed by atoms with Gasteiger partial charge in [-0.3, -0.25) is 4.57 Å². The Morgan fingerprint density at radius 2 is 1.76 bits per heavy atom. The molecule has 25 heavy (non-hydrogen) atoms. The molecule has 4 heteroatoms. The van der Waals surface area contributed by atoms with Crippen LogP contribution in [0.2, 0.25) is 0 Å². The molecule has 0 unspecified atom stereocenters. The molecule has 0 bridgehead atoms. The Morgan fingerprint density at radius 3 is 2.48 bits per heavy atom. The molecule has 0 saturated carbocycles. The van der Waals surface area contributed by atoms with E-state index in [1.807, 2.05) is 48.7 Å². The third-order valence-electron chi connectivity index (χ3n) is 4.49. The summed E-state index contributed by atoms with van der Waals surface area (Å²) in [7, 11) is 0. The van der Waals surface area contributed by atoms with Crippen molar-refractivity contribution in [2.75, 3.05) is 0 Å². The van der Waals surface area contributed by atoms with Gasteiger partial charge in [0.1, 0.15) is 23.2 Å². The van der Waals surface area contributed by atoms with Crippen molar-refractivity contribution >= 4 is 10.9 Å². The molecule has 0 atom stereocenters. The van der Waals surface area contributed by atoms with Gasteiger partial charge in [-0.2, -0.15) is 5.26 Å². The highest BCUT2D eigenvalue weighted by atomic mass is 16.3. The third-order valence-corrected chi connectivity index (χ3v) is 4.49. The fourth-order valence-corrected chi connectivity index (χ4v) is 3.34. The number of fused-ring (bicyclic) bond motifs is 1. The summed E-state index contributed by atoms with van der Waals surface area (Å²) in [6.45, 7) is 2.10. The molecule has 0 aliphatic heterocycles. The summed E-state index contributed by atoms with van der Waals surface area (Å²) in [6.07, 6.45) is 2.86. The Bertz CT molecular complexity index is 1090. The Balaban J connectivity index is 2.15. The first-order valence-electron chi connectivity index (χ1n) is 8.24. The predicted octanol–water partition coefficient (Wildman–Crippen LogP) is 4.56. The van der Waals surface area contributed by atoms with Crippen LogP contribution in [0.1, 0.15) is 18.2 Å². The van der Waals surface area contributed by atoms with E-state index in [0.717, 1.165) is 34.5 Å². The maximum Gasteiger partial charge on any atom is 0.141 e. The highest BCUT2D eigenvalue weighted by molar-refractivity contribution is 5.92. The predicted molar refractivity (Wildman–Crippen MR) is 98.4 cm³/mol. The van der Waals surface area contributed by atoms with Crippen LogP contribution in [0.25, 0.3) is 22.4 Å². The second kappa shape index (κ2) is 5.88. The van der Waals surface area contributed by atoms with E-state index < -0.39 is 0 Å². The largest absolute Gasteiger partial charge is 0.508 e. The molecule has 0 spiro atoms. The van der Waals surface area contributed by atoms with Crippen molar-refractivity contribution in [3.8, 4) is 23.3 Å². The molecule has 4 aromatic rings. The van der Waals surface area contributed by atoms with Gasteiger partial charge in [0.2, 0.25) is 0 Å². The summed E-state index contributed by atoms with van der Waals surface area (Å²) >= 11 is 0. The van der Waals surface area contributed by atoms with Gasteiger partial charge >= 0.3 is 0 Å². The van der Waals surface area contributed by atoms with Crippen molar-refractivity contribution in [1.29, 1.82) is 5.26 Å². The summed E-state index contributed by atoms with van der Waals surface area (Å²) < 4.78 is 4.15. The van der Waals surface area contributed by atoms with Crippen LogP contribution < -0.4 is 0 Å². The molecule has 4 nitrogen and oxygen atoms in total. The standard InChI is InChI=1S/C21H17N3O/c1-2-15-6-5-13-23(15)21-19(14-22)18-7-3-4-8-20(18)24(21)16-9-11-17(25)12-10-16/h3-13,25H,2H2,1H3. The molecule has 2 aromatic carbocycles. The monoisotopic (exact) mass is 327 g/mol. The lowest BCUT2D eigenvalue weighted by atomic mass is 10.2. The van der Waals surface area contributed by atoms with Crippen molar-refractivity contribution < 1.29 is 5.11 Å². The van der Waals surface area contributed by atoms with Crippen molar-refractivity contribution in [3.63, 3.8) is 0 Å². The first kappa shape index (κ1) is 15.1. The minimum atomic E-state index is 0.220. The van der Waals surface area contributed by atoms with Crippen LogP contribution in [0.4, 0.5) is 0 Å². The van der Waals surface area contributed by atoms with Crippen LogP contribution in [0.5, 0.6) is 5.75 Å². The zero-order valence-electron chi connectivity index (χ0n) is 13.8. The van der Waals surface area contributed by atoms with Gasteiger partial charge in [0.05, 0.1) is 5.52 Å². The topological polar surface area (TPSA) is 53.9 Å². The fraction of sp³-hybridized carbons (Fsp3) is 0.0952. The highest BCUT2D eigenvalue weighted by Crippen LogP contribution is 2.33. The number of rotatable bonds is 3. The first-order valence-corrected chi connectivity index (χ1v) is 8.24. The molecule has 122 valence electrons. The van der Waals surface area contributed by atoms with Gasteiger partial charge < -0.3 is 9.67 Å². The van der Waals surface area contributed by atoms with Crippen LogP contribution in [0, 0.1) is 11.3 Å². The lowest BCUT2D eigenvalue weighted by molar-refractivity contribution is 0.475. The molecular formula is C21H17N3O. The normalized spacial score (nSPS) is 10.9. The summed E-state index contributed by atoms with van der Waals surface area (Å²) in [5, 5.41) is 20.4. The first-order chi connectivity index (χ1) is 12.2. The summed E-state index contributed by atoms with van der Waals surface area (Å²) in [4.78, 5) is 0. The molecule has 2 aromatic heterocycles. The summed E-state index contributed by atoms with van der Waals surface area (Å²) in [5.41, 5.74) is 3.66. The summed E-state index contributed by atoms with van der Waals surface area (Å²) in [6, 6.07) is 21.4. The average molecular weight is 327 g/mol. The van der Waals surface area contributed by atoms with E-state index in [9.17, 15) is 10.4 Å². The zero-order valence-corrected chi connectivity index (χ0v) is 13.8. The smallest absolute Gasteiger partial charge is 0.141 e. The van der Waals surface area contributed by atoms with Gasteiger partial charge in [0.25, 0.3) is 0 Å². The molecule has 0 aliphatic carbocycles. The molecule has 0 saturated heterocycles. The maximum absolute atomic E-state index is 9.87. The Kier molecular flexibility index (Phi) is 3.55. The Morgan fingerprint density at radius 1 is 1.00 bits per heavy atom. The minimum absolute atomic E-state index is 0.220. The number of phenolic OH excluding ortho intramolecular Hbond substituents is 1. The van der Waals surface area contributed by atoms with Crippen molar-refractivity contribution in [1.82, 2.24) is 9.13 Å². The van der Waals surface area contributed by atoms with Gasteiger partial charge in [-0.15, -0.1) is 0 Å². The lowest BCUT2D eigenvalue weighted by Gasteiger charge is -2.14. The molecule has 0 radical (unpaired) electrons. The molecule has 0 aliphatic rings.